The minimum atomic E-state index is -0.812. The maximum absolute atomic E-state index is 12.9. The summed E-state index contributed by atoms with van der Waals surface area (Å²) in [5.41, 5.74) is 2.66. The van der Waals surface area contributed by atoms with E-state index in [1.165, 1.54) is 19.1 Å². The molecule has 4 rings (SSSR count). The van der Waals surface area contributed by atoms with Gasteiger partial charge < -0.3 is 19.3 Å². The summed E-state index contributed by atoms with van der Waals surface area (Å²) in [6.07, 6.45) is 2.54. The lowest BCUT2D eigenvalue weighted by molar-refractivity contribution is -0.136. The number of nitrogens with zero attached hydrogens (tertiary/aromatic N) is 1. The fourth-order valence-corrected chi connectivity index (χ4v) is 4.43. The second-order valence-electron chi connectivity index (χ2n) is 7.35. The van der Waals surface area contributed by atoms with Gasteiger partial charge in [0.1, 0.15) is 23.5 Å². The van der Waals surface area contributed by atoms with Crippen molar-refractivity contribution in [1.29, 1.82) is 0 Å². The van der Waals surface area contributed by atoms with Crippen LogP contribution in [0.1, 0.15) is 12.5 Å². The van der Waals surface area contributed by atoms with E-state index in [2.05, 4.69) is 23.7 Å². The summed E-state index contributed by atoms with van der Waals surface area (Å²) < 4.78 is 15.4. The van der Waals surface area contributed by atoms with Crippen LogP contribution in [0.25, 0.3) is 5.57 Å². The molecule has 1 amide bonds. The van der Waals surface area contributed by atoms with Crippen LogP contribution in [-0.4, -0.2) is 44.5 Å². The normalized spacial score (nSPS) is 23.6. The number of fused-ring (bicyclic) bond motifs is 1. The zero-order chi connectivity index (χ0) is 23.0. The molecule has 162 valence electrons. The summed E-state index contributed by atoms with van der Waals surface area (Å²) in [7, 11) is 4.10. The number of esters is 1. The quantitative estimate of drug-likeness (QED) is 0.572. The molecule has 32 heavy (non-hydrogen) atoms. The highest BCUT2D eigenvalue weighted by Crippen LogP contribution is 2.51. The molecule has 1 N–H and O–H groups in total. The van der Waals surface area contributed by atoms with Crippen molar-refractivity contribution in [1.82, 2.24) is 0 Å². The predicted molar refractivity (Wildman–Crippen MR) is 118 cm³/mol. The van der Waals surface area contributed by atoms with Crippen molar-refractivity contribution >= 4 is 23.3 Å². The first-order valence-corrected chi connectivity index (χ1v) is 9.92. The zero-order valence-electron chi connectivity index (χ0n) is 18.1. The molecule has 0 fully saturated rings. The van der Waals surface area contributed by atoms with Gasteiger partial charge in [0.25, 0.3) is 0 Å². The molecule has 0 spiro atoms. The van der Waals surface area contributed by atoms with Crippen LogP contribution in [0.4, 0.5) is 10.5 Å². The Kier molecular flexibility index (Phi) is 5.42. The van der Waals surface area contributed by atoms with Gasteiger partial charge in [-0.25, -0.2) is 9.59 Å². The molecule has 0 saturated carbocycles. The van der Waals surface area contributed by atoms with E-state index in [1.807, 2.05) is 0 Å². The summed E-state index contributed by atoms with van der Waals surface area (Å²) in [6, 6.07) is 4.52. The maximum atomic E-state index is 12.9. The third-order valence-electron chi connectivity index (χ3n) is 5.83. The number of hydrogen-bond donors (Lipinski definition) is 1. The molecule has 0 saturated heterocycles. The summed E-state index contributed by atoms with van der Waals surface area (Å²) in [5.74, 6) is 10.3. The van der Waals surface area contributed by atoms with Crippen molar-refractivity contribution < 1.29 is 28.9 Å². The lowest BCUT2D eigenvalue weighted by Crippen LogP contribution is -2.47. The molecule has 3 aliphatic rings. The summed E-state index contributed by atoms with van der Waals surface area (Å²) in [4.78, 5) is 27.0. The van der Waals surface area contributed by atoms with E-state index in [9.17, 15) is 14.7 Å². The first-order chi connectivity index (χ1) is 15.4. The van der Waals surface area contributed by atoms with E-state index in [1.54, 1.807) is 44.4 Å². The molecule has 1 heterocycles. The number of anilines is 1. The molecular weight excluding hydrogens is 410 g/mol. The summed E-state index contributed by atoms with van der Waals surface area (Å²) >= 11 is 0. The zero-order valence-corrected chi connectivity index (χ0v) is 18.1. The Bertz CT molecular complexity index is 1230. The molecule has 1 aromatic rings. The van der Waals surface area contributed by atoms with Gasteiger partial charge in [-0.3, -0.25) is 4.90 Å². The average Bonchev–Trinajstić information content (AvgIpc) is 2.81. The topological polar surface area (TPSA) is 85.3 Å². The van der Waals surface area contributed by atoms with Crippen LogP contribution in [0.3, 0.4) is 0 Å². The first-order valence-electron chi connectivity index (χ1n) is 9.92. The standard InChI is InChI=1S/C25H21NO6/c1-14-20-19-10-8-6-5-7-9-16(23(27)21(14)24(28)31-3)22(20)17-13-15(30-2)11-12-18(17)26(19)25(29)32-4/h5-6,11-14,16,19,27H,1-4H3/b6-5-/t14-,16+,19+/m1/s1. The van der Waals surface area contributed by atoms with Crippen LogP contribution in [0.5, 0.6) is 5.75 Å². The second-order valence-corrected chi connectivity index (χ2v) is 7.35. The van der Waals surface area contributed by atoms with E-state index in [0.29, 0.717) is 28.1 Å². The second kappa shape index (κ2) is 8.20. The van der Waals surface area contributed by atoms with Gasteiger partial charge in [-0.05, 0) is 41.5 Å². The molecule has 1 aliphatic heterocycles. The van der Waals surface area contributed by atoms with Crippen LogP contribution in [0, 0.1) is 35.5 Å². The maximum Gasteiger partial charge on any atom is 0.415 e. The van der Waals surface area contributed by atoms with Crippen LogP contribution in [0.15, 0.2) is 47.3 Å². The Balaban J connectivity index is 2.11. The number of rotatable bonds is 2. The van der Waals surface area contributed by atoms with E-state index in [0.717, 1.165) is 0 Å². The third kappa shape index (κ3) is 3.11. The van der Waals surface area contributed by atoms with Crippen molar-refractivity contribution in [2.24, 2.45) is 11.8 Å². The molecule has 0 radical (unpaired) electrons. The molecule has 3 atom stereocenters. The van der Waals surface area contributed by atoms with Crippen molar-refractivity contribution in [3.05, 3.63) is 52.8 Å². The molecular formula is C25H21NO6. The number of hydrogen-bond acceptors (Lipinski definition) is 6. The largest absolute Gasteiger partial charge is 0.510 e. The summed E-state index contributed by atoms with van der Waals surface area (Å²) in [6.45, 7) is 1.78. The fraction of sp³-hybridized carbons (Fsp3) is 0.280. The lowest BCUT2D eigenvalue weighted by atomic mass is 9.69. The molecule has 7 nitrogen and oxygen atoms in total. The Morgan fingerprint density at radius 3 is 2.44 bits per heavy atom. The average molecular weight is 431 g/mol. The van der Waals surface area contributed by atoms with Crippen LogP contribution in [0.2, 0.25) is 0 Å². The minimum Gasteiger partial charge on any atom is -0.510 e. The smallest absolute Gasteiger partial charge is 0.415 e. The van der Waals surface area contributed by atoms with E-state index >= 15 is 0 Å². The molecule has 2 aliphatic carbocycles. The van der Waals surface area contributed by atoms with Gasteiger partial charge in [0.05, 0.1) is 32.6 Å². The van der Waals surface area contributed by atoms with Gasteiger partial charge in [-0.2, -0.15) is 0 Å². The van der Waals surface area contributed by atoms with Crippen molar-refractivity contribution in [3.8, 4) is 29.4 Å². The highest BCUT2D eigenvalue weighted by molar-refractivity contribution is 6.02. The Hall–Kier alpha value is -4.10. The number of methoxy groups -OCH3 is 3. The SMILES string of the molecule is COC(=O)C1=C(O)[C@H]2C#C/C=C\C#C[C@H]3C(=C2c2cc(OC)ccc2N3C(=O)OC)[C@H]1C. The highest BCUT2D eigenvalue weighted by atomic mass is 16.5. The van der Waals surface area contributed by atoms with Gasteiger partial charge in [0, 0.05) is 11.5 Å². The van der Waals surface area contributed by atoms with Gasteiger partial charge >= 0.3 is 12.1 Å². The van der Waals surface area contributed by atoms with Crippen molar-refractivity contribution in [3.63, 3.8) is 0 Å². The van der Waals surface area contributed by atoms with E-state index in [-0.39, 0.29) is 11.3 Å². The van der Waals surface area contributed by atoms with Crippen LogP contribution in [-0.2, 0) is 14.3 Å². The molecule has 4 bridgehead atoms. The number of aliphatic hydroxyl groups is 1. The van der Waals surface area contributed by atoms with Crippen molar-refractivity contribution in [2.75, 3.05) is 26.2 Å². The molecule has 1 aromatic carbocycles. The first kappa shape index (κ1) is 21.1. The number of aliphatic hydroxyl groups excluding tert-OH is 1. The number of amides is 1. The third-order valence-corrected chi connectivity index (χ3v) is 5.83. The minimum absolute atomic E-state index is 0.0954. The number of benzene rings is 1. The fourth-order valence-electron chi connectivity index (χ4n) is 4.43. The monoisotopic (exact) mass is 431 g/mol. The van der Waals surface area contributed by atoms with Crippen molar-refractivity contribution in [2.45, 2.75) is 13.0 Å². The highest BCUT2D eigenvalue weighted by Gasteiger charge is 2.47. The van der Waals surface area contributed by atoms with Crippen LogP contribution < -0.4 is 9.64 Å². The van der Waals surface area contributed by atoms with E-state index in [4.69, 9.17) is 14.2 Å². The van der Waals surface area contributed by atoms with Gasteiger partial charge in [-0.15, -0.1) is 0 Å². The molecule has 0 aromatic heterocycles. The predicted octanol–water partition coefficient (Wildman–Crippen LogP) is 3.23. The number of carbonyl (C=O) groups is 2. The molecule has 7 heteroatoms. The molecule has 0 unspecified atom stereocenters. The van der Waals surface area contributed by atoms with E-state index < -0.39 is 29.9 Å². The lowest BCUT2D eigenvalue weighted by Gasteiger charge is -2.42. The van der Waals surface area contributed by atoms with Gasteiger partial charge in [0.15, 0.2) is 0 Å². The number of carbonyl (C=O) groups excluding carboxylic acids is 2. The number of allylic oxidation sites excluding steroid dienone is 3. The Morgan fingerprint density at radius 2 is 1.78 bits per heavy atom. The Morgan fingerprint density at radius 1 is 1.06 bits per heavy atom. The number of ether oxygens (including phenoxy) is 3. The Labute approximate surface area is 185 Å². The van der Waals surface area contributed by atoms with Gasteiger partial charge in [0.2, 0.25) is 0 Å². The van der Waals surface area contributed by atoms with Gasteiger partial charge in [-0.1, -0.05) is 30.6 Å². The summed E-state index contributed by atoms with van der Waals surface area (Å²) in [5, 5.41) is 11.2. The van der Waals surface area contributed by atoms with Crippen LogP contribution >= 0.6 is 0 Å².